The molecule has 0 aliphatic heterocycles. The summed E-state index contributed by atoms with van der Waals surface area (Å²) in [6.45, 7) is 8.72. The Morgan fingerprint density at radius 1 is 1.33 bits per heavy atom. The monoisotopic (exact) mass is 252 g/mol. The molecule has 3 heteroatoms. The smallest absolute Gasteiger partial charge is 0.146 e. The molecule has 18 heavy (non-hydrogen) atoms. The number of benzene rings is 1. The Balaban J connectivity index is 2.85. The average molecular weight is 252 g/mol. The lowest BCUT2D eigenvalue weighted by Gasteiger charge is -2.26. The maximum atomic E-state index is 14.1. The average Bonchev–Trinajstić information content (AvgIpc) is 2.37. The van der Waals surface area contributed by atoms with Gasteiger partial charge >= 0.3 is 0 Å². The van der Waals surface area contributed by atoms with Crippen LogP contribution in [0.5, 0.6) is 0 Å². The maximum absolute atomic E-state index is 14.1. The van der Waals surface area contributed by atoms with E-state index in [1.54, 1.807) is 6.07 Å². The van der Waals surface area contributed by atoms with Gasteiger partial charge in [0.15, 0.2) is 0 Å². The van der Waals surface area contributed by atoms with Gasteiger partial charge in [-0.1, -0.05) is 26.3 Å². The molecule has 2 N–H and O–H groups in total. The summed E-state index contributed by atoms with van der Waals surface area (Å²) in [5.74, 6) is 0.444. The molecule has 0 spiro atoms. The molecule has 0 fully saturated rings. The van der Waals surface area contributed by atoms with E-state index < -0.39 is 0 Å². The number of nitrogens with zero attached hydrogens (tertiary/aromatic N) is 1. The van der Waals surface area contributed by atoms with Gasteiger partial charge in [-0.05, 0) is 43.5 Å². The molecule has 0 bridgehead atoms. The van der Waals surface area contributed by atoms with Crippen molar-refractivity contribution >= 4 is 5.69 Å². The predicted molar refractivity (Wildman–Crippen MR) is 76.5 cm³/mol. The number of nitrogens with two attached hydrogens (primary N) is 1. The van der Waals surface area contributed by atoms with Crippen molar-refractivity contribution in [2.24, 2.45) is 11.7 Å². The number of hydrogen-bond acceptors (Lipinski definition) is 2. The van der Waals surface area contributed by atoms with E-state index in [0.717, 1.165) is 31.5 Å². The van der Waals surface area contributed by atoms with Gasteiger partial charge in [-0.15, -0.1) is 0 Å². The van der Waals surface area contributed by atoms with Crippen LogP contribution in [-0.2, 0) is 6.42 Å². The Bertz CT molecular complexity index is 366. The first-order chi connectivity index (χ1) is 8.62. The molecule has 0 heterocycles. The minimum atomic E-state index is -0.133. The minimum absolute atomic E-state index is 0.133. The first kappa shape index (κ1) is 15.0. The zero-order valence-electron chi connectivity index (χ0n) is 11.7. The topological polar surface area (TPSA) is 29.3 Å². The Morgan fingerprint density at radius 3 is 2.56 bits per heavy atom. The molecule has 1 atom stereocenters. The van der Waals surface area contributed by atoms with Crippen LogP contribution in [0.25, 0.3) is 0 Å². The molecular weight excluding hydrogens is 227 g/mol. The van der Waals surface area contributed by atoms with Crippen molar-refractivity contribution in [2.75, 3.05) is 24.5 Å². The summed E-state index contributed by atoms with van der Waals surface area (Å²) in [4.78, 5) is 2.11. The second kappa shape index (κ2) is 7.37. The SMILES string of the molecule is CCC(C)CN(CC)c1ccc(CCN)cc1F. The van der Waals surface area contributed by atoms with Crippen LogP contribution < -0.4 is 10.6 Å². The molecule has 1 unspecified atom stereocenters. The van der Waals surface area contributed by atoms with Gasteiger partial charge in [-0.3, -0.25) is 0 Å². The van der Waals surface area contributed by atoms with Gasteiger partial charge in [-0.25, -0.2) is 4.39 Å². The second-order valence-corrected chi connectivity index (χ2v) is 4.88. The summed E-state index contributed by atoms with van der Waals surface area (Å²) in [7, 11) is 0. The highest BCUT2D eigenvalue weighted by molar-refractivity contribution is 5.49. The van der Waals surface area contributed by atoms with Crippen molar-refractivity contribution in [1.82, 2.24) is 0 Å². The van der Waals surface area contributed by atoms with E-state index >= 15 is 0 Å². The third-order valence-electron chi connectivity index (χ3n) is 3.40. The standard InChI is InChI=1S/C15H25FN2/c1-4-12(3)11-18(5-2)15-7-6-13(8-9-17)10-14(15)16/h6-7,10,12H,4-5,8-9,11,17H2,1-3H3. The van der Waals surface area contributed by atoms with E-state index in [1.807, 2.05) is 12.1 Å². The van der Waals surface area contributed by atoms with Crippen LogP contribution in [0.1, 0.15) is 32.8 Å². The fourth-order valence-electron chi connectivity index (χ4n) is 2.03. The van der Waals surface area contributed by atoms with E-state index in [1.165, 1.54) is 0 Å². The van der Waals surface area contributed by atoms with E-state index in [-0.39, 0.29) is 5.82 Å². The highest BCUT2D eigenvalue weighted by Gasteiger charge is 2.12. The molecule has 1 rings (SSSR count). The summed E-state index contributed by atoms with van der Waals surface area (Å²) < 4.78 is 14.1. The Hall–Kier alpha value is -1.09. The van der Waals surface area contributed by atoms with Gasteiger partial charge in [0.2, 0.25) is 0 Å². The number of halogens is 1. The predicted octanol–water partition coefficient (Wildman–Crippen LogP) is 3.20. The summed E-state index contributed by atoms with van der Waals surface area (Å²) in [6.07, 6.45) is 1.85. The maximum Gasteiger partial charge on any atom is 0.146 e. The van der Waals surface area contributed by atoms with Crippen LogP contribution in [0, 0.1) is 11.7 Å². The van der Waals surface area contributed by atoms with Crippen LogP contribution in [-0.4, -0.2) is 19.6 Å². The lowest BCUT2D eigenvalue weighted by atomic mass is 10.1. The van der Waals surface area contributed by atoms with Crippen LogP contribution in [0.3, 0.4) is 0 Å². The summed E-state index contributed by atoms with van der Waals surface area (Å²) in [6, 6.07) is 5.47. The molecule has 2 nitrogen and oxygen atoms in total. The highest BCUT2D eigenvalue weighted by Crippen LogP contribution is 2.22. The molecule has 0 amide bonds. The number of anilines is 1. The van der Waals surface area contributed by atoms with Crippen molar-refractivity contribution in [1.29, 1.82) is 0 Å². The van der Waals surface area contributed by atoms with Crippen molar-refractivity contribution in [3.8, 4) is 0 Å². The Morgan fingerprint density at radius 2 is 2.06 bits per heavy atom. The van der Waals surface area contributed by atoms with Crippen LogP contribution in [0.4, 0.5) is 10.1 Å². The van der Waals surface area contributed by atoms with Gasteiger partial charge in [0.05, 0.1) is 5.69 Å². The third kappa shape index (κ3) is 3.98. The third-order valence-corrected chi connectivity index (χ3v) is 3.40. The van der Waals surface area contributed by atoms with Gasteiger partial charge in [0.1, 0.15) is 5.82 Å². The van der Waals surface area contributed by atoms with Gasteiger partial charge < -0.3 is 10.6 Å². The normalized spacial score (nSPS) is 12.5. The summed E-state index contributed by atoms with van der Waals surface area (Å²) in [5.41, 5.74) is 7.16. The molecule has 0 saturated heterocycles. The number of rotatable bonds is 7. The summed E-state index contributed by atoms with van der Waals surface area (Å²) >= 11 is 0. The van der Waals surface area contributed by atoms with Gasteiger partial charge in [0, 0.05) is 13.1 Å². The fourth-order valence-corrected chi connectivity index (χ4v) is 2.03. The van der Waals surface area contributed by atoms with E-state index in [0.29, 0.717) is 18.2 Å². The molecule has 1 aromatic carbocycles. The van der Waals surface area contributed by atoms with E-state index in [9.17, 15) is 4.39 Å². The van der Waals surface area contributed by atoms with Crippen LogP contribution in [0.2, 0.25) is 0 Å². The molecule has 0 aliphatic carbocycles. The largest absolute Gasteiger partial charge is 0.369 e. The molecule has 0 radical (unpaired) electrons. The van der Waals surface area contributed by atoms with Crippen molar-refractivity contribution in [3.63, 3.8) is 0 Å². The van der Waals surface area contributed by atoms with Crippen molar-refractivity contribution in [3.05, 3.63) is 29.6 Å². The van der Waals surface area contributed by atoms with Gasteiger partial charge in [-0.2, -0.15) is 0 Å². The first-order valence-electron chi connectivity index (χ1n) is 6.85. The zero-order valence-corrected chi connectivity index (χ0v) is 11.7. The van der Waals surface area contributed by atoms with Crippen LogP contribution in [0.15, 0.2) is 18.2 Å². The molecule has 1 aromatic rings. The Kier molecular flexibility index (Phi) is 6.13. The fraction of sp³-hybridized carbons (Fsp3) is 0.600. The lowest BCUT2D eigenvalue weighted by molar-refractivity contribution is 0.537. The van der Waals surface area contributed by atoms with E-state index in [4.69, 9.17) is 5.73 Å². The molecule has 0 aromatic heterocycles. The molecule has 102 valence electrons. The first-order valence-corrected chi connectivity index (χ1v) is 6.85. The quantitative estimate of drug-likeness (QED) is 0.807. The molecule has 0 aliphatic rings. The molecular formula is C15H25FN2. The second-order valence-electron chi connectivity index (χ2n) is 4.88. The van der Waals surface area contributed by atoms with Crippen molar-refractivity contribution in [2.45, 2.75) is 33.6 Å². The lowest BCUT2D eigenvalue weighted by Crippen LogP contribution is -2.28. The highest BCUT2D eigenvalue weighted by atomic mass is 19.1. The summed E-state index contributed by atoms with van der Waals surface area (Å²) in [5, 5.41) is 0. The Labute approximate surface area is 110 Å². The van der Waals surface area contributed by atoms with Crippen LogP contribution >= 0.6 is 0 Å². The van der Waals surface area contributed by atoms with Crippen molar-refractivity contribution < 1.29 is 4.39 Å². The van der Waals surface area contributed by atoms with E-state index in [2.05, 4.69) is 25.7 Å². The zero-order chi connectivity index (χ0) is 13.5. The van der Waals surface area contributed by atoms with Gasteiger partial charge in [0.25, 0.3) is 0 Å². The molecule has 0 saturated carbocycles. The minimum Gasteiger partial charge on any atom is -0.369 e. The number of hydrogen-bond donors (Lipinski definition) is 1.